The number of ether oxygens (including phenoxy) is 1. The zero-order valence-electron chi connectivity index (χ0n) is 16.5. The number of carbonyl (C=O) groups excluding carboxylic acids is 1. The van der Waals surface area contributed by atoms with E-state index in [9.17, 15) is 9.18 Å². The van der Waals surface area contributed by atoms with Crippen LogP contribution in [0.3, 0.4) is 0 Å². The number of benzene rings is 2. The highest BCUT2D eigenvalue weighted by atomic mass is 19.1. The second kappa shape index (κ2) is 7.95. The van der Waals surface area contributed by atoms with Gasteiger partial charge in [0.05, 0.1) is 12.8 Å². The molecule has 1 saturated heterocycles. The van der Waals surface area contributed by atoms with Crippen LogP contribution in [0.2, 0.25) is 0 Å². The van der Waals surface area contributed by atoms with Crippen LogP contribution in [0.1, 0.15) is 16.2 Å². The van der Waals surface area contributed by atoms with Crippen LogP contribution in [0.4, 0.5) is 10.1 Å². The summed E-state index contributed by atoms with van der Waals surface area (Å²) >= 11 is 0. The summed E-state index contributed by atoms with van der Waals surface area (Å²) in [6, 6.07) is 16.0. The molecule has 29 heavy (non-hydrogen) atoms. The van der Waals surface area contributed by atoms with Crippen molar-refractivity contribution >= 4 is 11.6 Å². The summed E-state index contributed by atoms with van der Waals surface area (Å²) in [7, 11) is 1.65. The number of halogens is 1. The molecule has 2 aromatic carbocycles. The summed E-state index contributed by atoms with van der Waals surface area (Å²) in [5, 5.41) is 4.34. The van der Waals surface area contributed by atoms with Crippen LogP contribution in [0.25, 0.3) is 5.69 Å². The topological polar surface area (TPSA) is 50.6 Å². The van der Waals surface area contributed by atoms with Crippen LogP contribution in [-0.2, 0) is 0 Å². The van der Waals surface area contributed by atoms with Crippen molar-refractivity contribution in [3.05, 3.63) is 71.8 Å². The molecule has 1 aromatic heterocycles. The number of amides is 1. The van der Waals surface area contributed by atoms with E-state index in [1.54, 1.807) is 43.2 Å². The summed E-state index contributed by atoms with van der Waals surface area (Å²) < 4.78 is 20.9. The highest BCUT2D eigenvalue weighted by Gasteiger charge is 2.26. The number of carbonyl (C=O) groups is 1. The molecule has 0 aliphatic carbocycles. The SMILES string of the molecule is COc1ccc(N2CCN(C(=O)c3cc(C)nn3-c3ccccc3F)CC2)cc1. The van der Waals surface area contributed by atoms with Crippen LogP contribution in [-0.4, -0.2) is 53.9 Å². The smallest absolute Gasteiger partial charge is 0.272 e. The third kappa shape index (κ3) is 3.81. The first-order valence-electron chi connectivity index (χ1n) is 9.56. The minimum Gasteiger partial charge on any atom is -0.497 e. The van der Waals surface area contributed by atoms with E-state index in [2.05, 4.69) is 10.00 Å². The zero-order chi connectivity index (χ0) is 20.4. The first kappa shape index (κ1) is 19.0. The number of nitrogens with zero attached hydrogens (tertiary/aromatic N) is 4. The van der Waals surface area contributed by atoms with E-state index in [4.69, 9.17) is 4.74 Å². The molecule has 7 heteroatoms. The van der Waals surface area contributed by atoms with Crippen molar-refractivity contribution in [2.45, 2.75) is 6.92 Å². The average Bonchev–Trinajstić information content (AvgIpc) is 3.15. The van der Waals surface area contributed by atoms with Crippen molar-refractivity contribution in [3.8, 4) is 11.4 Å². The molecule has 0 radical (unpaired) electrons. The Labute approximate surface area is 169 Å². The molecule has 0 spiro atoms. The van der Waals surface area contributed by atoms with Crippen LogP contribution >= 0.6 is 0 Å². The van der Waals surface area contributed by atoms with Crippen molar-refractivity contribution in [2.24, 2.45) is 0 Å². The quantitative estimate of drug-likeness (QED) is 0.681. The van der Waals surface area contributed by atoms with Gasteiger partial charge in [0, 0.05) is 31.9 Å². The molecule has 1 amide bonds. The second-order valence-corrected chi connectivity index (χ2v) is 7.01. The highest BCUT2D eigenvalue weighted by molar-refractivity contribution is 5.93. The van der Waals surface area contributed by atoms with Crippen molar-refractivity contribution in [3.63, 3.8) is 0 Å². The number of aromatic nitrogens is 2. The van der Waals surface area contributed by atoms with Crippen LogP contribution in [0.15, 0.2) is 54.6 Å². The number of hydrogen-bond acceptors (Lipinski definition) is 4. The maximum atomic E-state index is 14.3. The lowest BCUT2D eigenvalue weighted by molar-refractivity contribution is 0.0737. The number of para-hydroxylation sites is 1. The van der Waals surface area contributed by atoms with Gasteiger partial charge in [0.25, 0.3) is 5.91 Å². The molecular weight excluding hydrogens is 371 g/mol. The third-order valence-electron chi connectivity index (χ3n) is 5.14. The molecular formula is C22H23FN4O2. The lowest BCUT2D eigenvalue weighted by atomic mass is 10.2. The molecule has 0 unspecified atom stereocenters. The Hall–Kier alpha value is -3.35. The highest BCUT2D eigenvalue weighted by Crippen LogP contribution is 2.22. The predicted octanol–water partition coefficient (Wildman–Crippen LogP) is 3.29. The lowest BCUT2D eigenvalue weighted by Crippen LogP contribution is -2.49. The van der Waals surface area contributed by atoms with E-state index in [0.29, 0.717) is 24.5 Å². The lowest BCUT2D eigenvalue weighted by Gasteiger charge is -2.36. The van der Waals surface area contributed by atoms with E-state index in [1.807, 2.05) is 24.3 Å². The fraction of sp³-hybridized carbons (Fsp3) is 0.273. The zero-order valence-corrected chi connectivity index (χ0v) is 16.5. The standard InChI is InChI=1S/C22H23FN4O2/c1-16-15-21(27(24-16)20-6-4-3-5-19(20)23)22(28)26-13-11-25(12-14-26)17-7-9-18(29-2)10-8-17/h3-10,15H,11-14H2,1-2H3. The van der Waals surface area contributed by atoms with Gasteiger partial charge in [0.2, 0.25) is 0 Å². The Morgan fingerprint density at radius 3 is 2.38 bits per heavy atom. The molecule has 1 aliphatic rings. The van der Waals surface area contributed by atoms with Crippen molar-refractivity contribution in [1.29, 1.82) is 0 Å². The van der Waals surface area contributed by atoms with Gasteiger partial charge >= 0.3 is 0 Å². The van der Waals surface area contributed by atoms with Crippen LogP contribution in [0, 0.1) is 12.7 Å². The van der Waals surface area contributed by atoms with Gasteiger partial charge in [0.1, 0.15) is 22.9 Å². The van der Waals surface area contributed by atoms with E-state index >= 15 is 0 Å². The van der Waals surface area contributed by atoms with Gasteiger partial charge in [-0.2, -0.15) is 5.10 Å². The number of hydrogen-bond donors (Lipinski definition) is 0. The molecule has 2 heterocycles. The molecule has 1 fully saturated rings. The number of piperazine rings is 1. The summed E-state index contributed by atoms with van der Waals surface area (Å²) in [5.74, 6) is 0.275. The van der Waals surface area contributed by atoms with Gasteiger partial charge in [-0.1, -0.05) is 12.1 Å². The van der Waals surface area contributed by atoms with Gasteiger partial charge in [0.15, 0.2) is 0 Å². The Morgan fingerprint density at radius 1 is 1.03 bits per heavy atom. The van der Waals surface area contributed by atoms with E-state index < -0.39 is 5.82 Å². The first-order valence-corrected chi connectivity index (χ1v) is 9.56. The molecule has 1 aliphatic heterocycles. The first-order chi connectivity index (χ1) is 14.1. The number of anilines is 1. The summed E-state index contributed by atoms with van der Waals surface area (Å²) in [5.41, 5.74) is 2.44. The maximum Gasteiger partial charge on any atom is 0.272 e. The molecule has 3 aromatic rings. The van der Waals surface area contributed by atoms with Gasteiger partial charge in [-0.05, 0) is 49.4 Å². The molecule has 6 nitrogen and oxygen atoms in total. The Kier molecular flexibility index (Phi) is 5.20. The van der Waals surface area contributed by atoms with E-state index in [-0.39, 0.29) is 11.6 Å². The average molecular weight is 394 g/mol. The minimum atomic E-state index is -0.408. The van der Waals surface area contributed by atoms with Crippen LogP contribution in [0.5, 0.6) is 5.75 Å². The summed E-state index contributed by atoms with van der Waals surface area (Å²) in [4.78, 5) is 17.2. The van der Waals surface area contributed by atoms with Crippen molar-refractivity contribution < 1.29 is 13.9 Å². The van der Waals surface area contributed by atoms with Gasteiger partial charge < -0.3 is 14.5 Å². The molecule has 4 rings (SSSR count). The number of methoxy groups -OCH3 is 1. The summed E-state index contributed by atoms with van der Waals surface area (Å²) in [6.07, 6.45) is 0. The third-order valence-corrected chi connectivity index (χ3v) is 5.14. The monoisotopic (exact) mass is 394 g/mol. The summed E-state index contributed by atoms with van der Waals surface area (Å²) in [6.45, 7) is 4.43. The van der Waals surface area contributed by atoms with E-state index in [0.717, 1.165) is 24.5 Å². The van der Waals surface area contributed by atoms with Crippen molar-refractivity contribution in [2.75, 3.05) is 38.2 Å². The molecule has 0 atom stereocenters. The van der Waals surface area contributed by atoms with Crippen molar-refractivity contribution in [1.82, 2.24) is 14.7 Å². The van der Waals surface area contributed by atoms with Crippen LogP contribution < -0.4 is 9.64 Å². The molecule has 0 N–H and O–H groups in total. The van der Waals surface area contributed by atoms with Gasteiger partial charge in [-0.3, -0.25) is 4.79 Å². The van der Waals surface area contributed by atoms with Gasteiger partial charge in [-0.15, -0.1) is 0 Å². The fourth-order valence-electron chi connectivity index (χ4n) is 3.58. The molecule has 0 bridgehead atoms. The van der Waals surface area contributed by atoms with E-state index in [1.165, 1.54) is 10.7 Å². The Balaban J connectivity index is 1.50. The Bertz CT molecular complexity index is 1010. The van der Waals surface area contributed by atoms with Gasteiger partial charge in [-0.25, -0.2) is 9.07 Å². The normalized spacial score (nSPS) is 14.2. The number of aryl methyl sites for hydroxylation is 1. The maximum absolute atomic E-state index is 14.3. The second-order valence-electron chi connectivity index (χ2n) is 7.01. The largest absolute Gasteiger partial charge is 0.497 e. The fourth-order valence-corrected chi connectivity index (χ4v) is 3.58. The predicted molar refractivity (Wildman–Crippen MR) is 109 cm³/mol. The Morgan fingerprint density at radius 2 is 1.72 bits per heavy atom. The number of rotatable bonds is 4. The molecule has 150 valence electrons. The minimum absolute atomic E-state index is 0.136. The molecule has 0 saturated carbocycles.